The smallest absolute Gasteiger partial charge is 0.186 e. The normalized spacial score (nSPS) is 16.1. The van der Waals surface area contributed by atoms with Gasteiger partial charge in [0.15, 0.2) is 5.96 Å². The number of rotatable bonds is 5. The number of hydrogen-bond donors (Lipinski definition) is 2. The third-order valence-corrected chi connectivity index (χ3v) is 2.98. The van der Waals surface area contributed by atoms with E-state index >= 15 is 0 Å². The second-order valence-electron chi connectivity index (χ2n) is 5.08. The molecular weight excluding hydrogens is 174 g/mol. The molecule has 1 atom stereocenters. The van der Waals surface area contributed by atoms with Gasteiger partial charge in [0.05, 0.1) is 5.54 Å². The predicted octanol–water partition coefficient (Wildman–Crippen LogP) is 2.25. The van der Waals surface area contributed by atoms with Crippen LogP contribution < -0.4 is 11.5 Å². The van der Waals surface area contributed by atoms with Crippen LogP contribution >= 0.6 is 0 Å². The van der Waals surface area contributed by atoms with Gasteiger partial charge in [0.2, 0.25) is 0 Å². The lowest BCUT2D eigenvalue weighted by atomic mass is 9.76. The minimum absolute atomic E-state index is 0.113. The molecule has 3 heteroatoms. The molecule has 4 N–H and O–H groups in total. The highest BCUT2D eigenvalue weighted by Crippen LogP contribution is 2.34. The van der Waals surface area contributed by atoms with Crippen molar-refractivity contribution in [1.29, 1.82) is 0 Å². The zero-order valence-corrected chi connectivity index (χ0v) is 10.2. The Bertz CT molecular complexity index is 205. The molecule has 0 aromatic heterocycles. The SMILES string of the molecule is CCC(C)(C)CC(C)(CC)N=C(N)N. The third kappa shape index (κ3) is 4.49. The fourth-order valence-electron chi connectivity index (χ4n) is 1.71. The van der Waals surface area contributed by atoms with Crippen LogP contribution in [0.1, 0.15) is 53.9 Å². The lowest BCUT2D eigenvalue weighted by molar-refractivity contribution is 0.235. The van der Waals surface area contributed by atoms with Crippen LogP contribution in [0.4, 0.5) is 0 Å². The molecule has 0 aliphatic carbocycles. The summed E-state index contributed by atoms with van der Waals surface area (Å²) in [6, 6.07) is 0. The van der Waals surface area contributed by atoms with E-state index in [9.17, 15) is 0 Å². The minimum atomic E-state index is -0.113. The Balaban J connectivity index is 4.64. The largest absolute Gasteiger partial charge is 0.370 e. The van der Waals surface area contributed by atoms with E-state index in [0.717, 1.165) is 19.3 Å². The molecule has 3 nitrogen and oxygen atoms in total. The molecule has 0 saturated heterocycles. The van der Waals surface area contributed by atoms with Crippen LogP contribution in [-0.4, -0.2) is 11.5 Å². The maximum absolute atomic E-state index is 5.44. The van der Waals surface area contributed by atoms with Crippen LogP contribution in [0, 0.1) is 5.41 Å². The zero-order valence-electron chi connectivity index (χ0n) is 10.2. The van der Waals surface area contributed by atoms with Gasteiger partial charge >= 0.3 is 0 Å². The number of nitrogens with zero attached hydrogens (tertiary/aromatic N) is 1. The van der Waals surface area contributed by atoms with Gasteiger partial charge in [0.25, 0.3) is 0 Å². The van der Waals surface area contributed by atoms with Gasteiger partial charge in [-0.1, -0.05) is 34.1 Å². The Hall–Kier alpha value is -0.730. The first-order chi connectivity index (χ1) is 6.24. The van der Waals surface area contributed by atoms with Crippen molar-refractivity contribution in [2.75, 3.05) is 0 Å². The number of aliphatic imine (C=N–C) groups is 1. The molecule has 0 aliphatic rings. The molecule has 1 unspecified atom stereocenters. The van der Waals surface area contributed by atoms with Crippen LogP contribution in [-0.2, 0) is 0 Å². The number of guanidine groups is 1. The first-order valence-electron chi connectivity index (χ1n) is 5.35. The quantitative estimate of drug-likeness (QED) is 0.527. The molecule has 0 saturated carbocycles. The van der Waals surface area contributed by atoms with Gasteiger partial charge in [-0.05, 0) is 25.2 Å². The molecule has 0 aromatic carbocycles. The van der Waals surface area contributed by atoms with Crippen LogP contribution in [0.2, 0.25) is 0 Å². The van der Waals surface area contributed by atoms with Gasteiger partial charge in [-0.15, -0.1) is 0 Å². The van der Waals surface area contributed by atoms with Gasteiger partial charge < -0.3 is 11.5 Å². The predicted molar refractivity (Wildman–Crippen MR) is 63.2 cm³/mol. The number of hydrogen-bond acceptors (Lipinski definition) is 1. The molecule has 0 spiro atoms. The lowest BCUT2D eigenvalue weighted by Crippen LogP contribution is -2.34. The van der Waals surface area contributed by atoms with Crippen LogP contribution in [0.25, 0.3) is 0 Å². The summed E-state index contributed by atoms with van der Waals surface area (Å²) in [6.45, 7) is 10.9. The Morgan fingerprint density at radius 2 is 1.57 bits per heavy atom. The van der Waals surface area contributed by atoms with E-state index < -0.39 is 0 Å². The Morgan fingerprint density at radius 3 is 1.86 bits per heavy atom. The van der Waals surface area contributed by atoms with Gasteiger partial charge in [-0.3, -0.25) is 0 Å². The molecule has 0 amide bonds. The molecular formula is C11H25N3. The second kappa shape index (κ2) is 4.67. The Labute approximate surface area is 88.0 Å². The van der Waals surface area contributed by atoms with Crippen molar-refractivity contribution < 1.29 is 0 Å². The maximum atomic E-state index is 5.44. The van der Waals surface area contributed by atoms with E-state index in [-0.39, 0.29) is 11.5 Å². The molecule has 84 valence electrons. The molecule has 0 radical (unpaired) electrons. The van der Waals surface area contributed by atoms with E-state index in [1.807, 2.05) is 0 Å². The van der Waals surface area contributed by atoms with Crippen molar-refractivity contribution in [3.05, 3.63) is 0 Å². The van der Waals surface area contributed by atoms with Gasteiger partial charge in [-0.25, -0.2) is 4.99 Å². The van der Waals surface area contributed by atoms with E-state index in [4.69, 9.17) is 11.5 Å². The molecule has 0 rings (SSSR count). The Morgan fingerprint density at radius 1 is 1.07 bits per heavy atom. The highest BCUT2D eigenvalue weighted by Gasteiger charge is 2.29. The van der Waals surface area contributed by atoms with Crippen molar-refractivity contribution in [1.82, 2.24) is 0 Å². The summed E-state index contributed by atoms with van der Waals surface area (Å²) in [7, 11) is 0. The van der Waals surface area contributed by atoms with Crippen molar-refractivity contribution in [2.24, 2.45) is 21.9 Å². The van der Waals surface area contributed by atoms with E-state index in [1.165, 1.54) is 0 Å². The summed E-state index contributed by atoms with van der Waals surface area (Å²) < 4.78 is 0. The van der Waals surface area contributed by atoms with E-state index in [2.05, 4.69) is 39.6 Å². The highest BCUT2D eigenvalue weighted by atomic mass is 15.0. The van der Waals surface area contributed by atoms with Crippen molar-refractivity contribution in [3.63, 3.8) is 0 Å². The van der Waals surface area contributed by atoms with Crippen LogP contribution in [0.15, 0.2) is 4.99 Å². The van der Waals surface area contributed by atoms with Crippen molar-refractivity contribution in [2.45, 2.75) is 59.4 Å². The fourth-order valence-corrected chi connectivity index (χ4v) is 1.71. The second-order valence-corrected chi connectivity index (χ2v) is 5.08. The van der Waals surface area contributed by atoms with Gasteiger partial charge in [0, 0.05) is 0 Å². The molecule has 0 heterocycles. The summed E-state index contributed by atoms with van der Waals surface area (Å²) in [6.07, 6.45) is 3.13. The standard InChI is InChI=1S/C11H25N3/c1-6-10(3,4)8-11(5,7-2)14-9(12)13/h6-8H2,1-5H3,(H4,12,13,14). The van der Waals surface area contributed by atoms with E-state index in [1.54, 1.807) is 0 Å². The van der Waals surface area contributed by atoms with Gasteiger partial charge in [0.1, 0.15) is 0 Å². The van der Waals surface area contributed by atoms with Crippen LogP contribution in [0.5, 0.6) is 0 Å². The average molecular weight is 199 g/mol. The summed E-state index contributed by atoms with van der Waals surface area (Å²) >= 11 is 0. The van der Waals surface area contributed by atoms with Crippen LogP contribution in [0.3, 0.4) is 0 Å². The van der Waals surface area contributed by atoms with Gasteiger partial charge in [-0.2, -0.15) is 0 Å². The van der Waals surface area contributed by atoms with E-state index in [0.29, 0.717) is 5.41 Å². The lowest BCUT2D eigenvalue weighted by Gasteiger charge is -2.33. The zero-order chi connectivity index (χ0) is 11.4. The first-order valence-corrected chi connectivity index (χ1v) is 5.35. The summed E-state index contributed by atoms with van der Waals surface area (Å²) in [5.74, 6) is 0.196. The summed E-state index contributed by atoms with van der Waals surface area (Å²) in [5.41, 5.74) is 11.1. The highest BCUT2D eigenvalue weighted by molar-refractivity contribution is 5.76. The fraction of sp³-hybridized carbons (Fsp3) is 0.909. The number of nitrogens with two attached hydrogens (primary N) is 2. The average Bonchev–Trinajstić information content (AvgIpc) is 2.02. The summed E-state index contributed by atoms with van der Waals surface area (Å²) in [4.78, 5) is 4.33. The topological polar surface area (TPSA) is 64.4 Å². The summed E-state index contributed by atoms with van der Waals surface area (Å²) in [5, 5.41) is 0. The monoisotopic (exact) mass is 199 g/mol. The minimum Gasteiger partial charge on any atom is -0.370 e. The Kier molecular flexibility index (Phi) is 4.43. The maximum Gasteiger partial charge on any atom is 0.186 e. The third-order valence-electron chi connectivity index (χ3n) is 2.98. The first kappa shape index (κ1) is 13.3. The molecule has 14 heavy (non-hydrogen) atoms. The van der Waals surface area contributed by atoms with Crippen molar-refractivity contribution in [3.8, 4) is 0 Å². The molecule has 0 fully saturated rings. The molecule has 0 aliphatic heterocycles. The molecule has 0 bridgehead atoms. The molecule has 0 aromatic rings. The van der Waals surface area contributed by atoms with Crippen molar-refractivity contribution >= 4 is 5.96 Å².